The van der Waals surface area contributed by atoms with Crippen LogP contribution in [-0.4, -0.2) is 10.2 Å². The van der Waals surface area contributed by atoms with Gasteiger partial charge in [-0.25, -0.2) is 4.39 Å². The minimum Gasteiger partial charge on any atom is -0.469 e. The highest BCUT2D eigenvalue weighted by Crippen LogP contribution is 2.30. The fourth-order valence-corrected chi connectivity index (χ4v) is 2.89. The van der Waals surface area contributed by atoms with Crippen LogP contribution in [-0.2, 0) is 5.75 Å². The maximum Gasteiger partial charge on any atom is 0.277 e. The van der Waals surface area contributed by atoms with E-state index in [2.05, 4.69) is 10.2 Å². The molecule has 0 fully saturated rings. The van der Waals surface area contributed by atoms with E-state index in [-0.39, 0.29) is 5.82 Å². The predicted octanol–water partition coefficient (Wildman–Crippen LogP) is 4.72. The average molecular weight is 325 g/mol. The molecule has 0 aliphatic heterocycles. The monoisotopic (exact) mass is 324 g/mol. The second-order valence-corrected chi connectivity index (χ2v) is 5.59. The topological polar surface area (TPSA) is 52.1 Å². The zero-order valence-corrected chi connectivity index (χ0v) is 12.5. The largest absolute Gasteiger partial charge is 0.469 e. The van der Waals surface area contributed by atoms with E-state index in [0.29, 0.717) is 33.2 Å². The highest BCUT2D eigenvalue weighted by molar-refractivity contribution is 7.98. The Bertz CT molecular complexity index is 752. The minimum absolute atomic E-state index is 0.317. The van der Waals surface area contributed by atoms with Crippen LogP contribution in [0.2, 0.25) is 5.02 Å². The SMILES string of the molecule is Cc1occc1-c1nnc(SCc2c(F)cccc2Cl)o1. The predicted molar refractivity (Wildman–Crippen MR) is 77.7 cm³/mol. The van der Waals surface area contributed by atoms with Crippen molar-refractivity contribution >= 4 is 23.4 Å². The Kier molecular flexibility index (Phi) is 3.98. The van der Waals surface area contributed by atoms with Gasteiger partial charge in [0.15, 0.2) is 0 Å². The molecule has 7 heteroatoms. The molecule has 3 rings (SSSR count). The van der Waals surface area contributed by atoms with Crippen LogP contribution in [0.25, 0.3) is 11.5 Å². The van der Waals surface area contributed by atoms with E-state index in [9.17, 15) is 4.39 Å². The molecule has 0 amide bonds. The Morgan fingerprint density at radius 2 is 2.14 bits per heavy atom. The Hall–Kier alpha value is -1.79. The number of halogens is 2. The summed E-state index contributed by atoms with van der Waals surface area (Å²) in [6, 6.07) is 6.34. The molecule has 2 aromatic heterocycles. The van der Waals surface area contributed by atoms with Crippen molar-refractivity contribution in [3.8, 4) is 11.5 Å². The van der Waals surface area contributed by atoms with Crippen LogP contribution in [0.5, 0.6) is 0 Å². The van der Waals surface area contributed by atoms with E-state index in [0.717, 1.165) is 5.56 Å². The molecule has 21 heavy (non-hydrogen) atoms. The first-order valence-corrected chi connectivity index (χ1v) is 7.45. The number of aryl methyl sites for hydroxylation is 1. The first-order chi connectivity index (χ1) is 10.1. The highest BCUT2D eigenvalue weighted by atomic mass is 35.5. The minimum atomic E-state index is -0.347. The molecular weight excluding hydrogens is 315 g/mol. The molecule has 2 heterocycles. The van der Waals surface area contributed by atoms with Gasteiger partial charge in [-0.15, -0.1) is 10.2 Å². The van der Waals surface area contributed by atoms with Gasteiger partial charge < -0.3 is 8.83 Å². The highest BCUT2D eigenvalue weighted by Gasteiger charge is 2.14. The number of nitrogens with zero attached hydrogens (tertiary/aromatic N) is 2. The van der Waals surface area contributed by atoms with Crippen molar-refractivity contribution < 1.29 is 13.2 Å². The number of furan rings is 1. The van der Waals surface area contributed by atoms with Crippen LogP contribution >= 0.6 is 23.4 Å². The van der Waals surface area contributed by atoms with Gasteiger partial charge in [0.25, 0.3) is 11.1 Å². The molecule has 0 atom stereocenters. The summed E-state index contributed by atoms with van der Waals surface area (Å²) in [5, 5.41) is 8.61. The van der Waals surface area contributed by atoms with Crippen LogP contribution < -0.4 is 0 Å². The van der Waals surface area contributed by atoms with E-state index in [1.54, 1.807) is 24.5 Å². The van der Waals surface area contributed by atoms with Crippen molar-refractivity contribution in [2.24, 2.45) is 0 Å². The third-order valence-corrected chi connectivity index (χ3v) is 4.10. The summed E-state index contributed by atoms with van der Waals surface area (Å²) in [4.78, 5) is 0. The molecule has 0 unspecified atom stereocenters. The lowest BCUT2D eigenvalue weighted by Gasteiger charge is -2.02. The Morgan fingerprint density at radius 1 is 1.29 bits per heavy atom. The molecule has 4 nitrogen and oxygen atoms in total. The van der Waals surface area contributed by atoms with Crippen molar-refractivity contribution in [2.75, 3.05) is 0 Å². The summed E-state index contributed by atoms with van der Waals surface area (Å²) in [5.41, 5.74) is 1.17. The number of hydrogen-bond donors (Lipinski definition) is 0. The van der Waals surface area contributed by atoms with Gasteiger partial charge in [-0.05, 0) is 25.1 Å². The van der Waals surface area contributed by atoms with Crippen LogP contribution in [0.4, 0.5) is 4.39 Å². The zero-order valence-electron chi connectivity index (χ0n) is 11.0. The quantitative estimate of drug-likeness (QED) is 0.650. The third-order valence-electron chi connectivity index (χ3n) is 2.90. The van der Waals surface area contributed by atoms with E-state index in [4.69, 9.17) is 20.4 Å². The molecule has 0 radical (unpaired) electrons. The van der Waals surface area contributed by atoms with Gasteiger partial charge in [0, 0.05) is 16.3 Å². The molecule has 3 aromatic rings. The zero-order chi connectivity index (χ0) is 14.8. The third kappa shape index (κ3) is 2.96. The molecular formula is C14H10ClFN2O2S. The second-order valence-electron chi connectivity index (χ2n) is 4.25. The summed E-state index contributed by atoms with van der Waals surface area (Å²) in [6.45, 7) is 1.81. The number of aromatic nitrogens is 2. The van der Waals surface area contributed by atoms with E-state index in [1.165, 1.54) is 17.8 Å². The summed E-state index contributed by atoms with van der Waals surface area (Å²) in [7, 11) is 0. The van der Waals surface area contributed by atoms with Gasteiger partial charge in [0.05, 0.1) is 11.8 Å². The first-order valence-electron chi connectivity index (χ1n) is 6.09. The fraction of sp³-hybridized carbons (Fsp3) is 0.143. The maximum absolute atomic E-state index is 13.7. The number of rotatable bonds is 4. The Morgan fingerprint density at radius 3 is 2.86 bits per heavy atom. The maximum atomic E-state index is 13.7. The van der Waals surface area contributed by atoms with E-state index < -0.39 is 0 Å². The van der Waals surface area contributed by atoms with E-state index in [1.807, 2.05) is 6.92 Å². The van der Waals surface area contributed by atoms with Gasteiger partial charge in [0.1, 0.15) is 11.6 Å². The molecule has 0 aliphatic carbocycles. The lowest BCUT2D eigenvalue weighted by molar-refractivity contribution is 0.463. The standard InChI is InChI=1S/C14H10ClFN2O2S/c1-8-9(5-6-19-8)13-17-18-14(20-13)21-7-10-11(15)3-2-4-12(10)16/h2-6H,7H2,1H3. The normalized spacial score (nSPS) is 11.0. The molecule has 0 spiro atoms. The van der Waals surface area contributed by atoms with Crippen LogP contribution in [0.1, 0.15) is 11.3 Å². The summed E-state index contributed by atoms with van der Waals surface area (Å²) < 4.78 is 24.4. The van der Waals surface area contributed by atoms with Crippen molar-refractivity contribution in [2.45, 2.75) is 17.9 Å². The lowest BCUT2D eigenvalue weighted by atomic mass is 10.2. The first kappa shape index (κ1) is 14.2. The number of hydrogen-bond acceptors (Lipinski definition) is 5. The molecule has 108 valence electrons. The van der Waals surface area contributed by atoms with Gasteiger partial charge >= 0.3 is 0 Å². The van der Waals surface area contributed by atoms with Crippen LogP contribution in [0.15, 0.2) is 44.6 Å². The van der Waals surface area contributed by atoms with Crippen molar-refractivity contribution in [3.05, 3.63) is 52.7 Å². The Balaban J connectivity index is 1.75. The molecule has 1 aromatic carbocycles. The van der Waals surface area contributed by atoms with Crippen molar-refractivity contribution in [3.63, 3.8) is 0 Å². The van der Waals surface area contributed by atoms with Gasteiger partial charge in [-0.2, -0.15) is 0 Å². The van der Waals surface area contributed by atoms with Gasteiger partial charge in [-0.1, -0.05) is 29.4 Å². The molecule has 0 bridgehead atoms. The fourth-order valence-electron chi connectivity index (χ4n) is 1.79. The number of thioether (sulfide) groups is 1. The summed E-state index contributed by atoms with van der Waals surface area (Å²) >= 11 is 7.20. The van der Waals surface area contributed by atoms with Gasteiger partial charge in [0.2, 0.25) is 0 Å². The second kappa shape index (κ2) is 5.91. The van der Waals surface area contributed by atoms with Crippen molar-refractivity contribution in [1.82, 2.24) is 10.2 Å². The van der Waals surface area contributed by atoms with Crippen molar-refractivity contribution in [1.29, 1.82) is 0 Å². The molecule has 0 saturated heterocycles. The summed E-state index contributed by atoms with van der Waals surface area (Å²) in [6.07, 6.45) is 1.56. The van der Waals surface area contributed by atoms with Crippen LogP contribution in [0.3, 0.4) is 0 Å². The van der Waals surface area contributed by atoms with E-state index >= 15 is 0 Å². The lowest BCUT2D eigenvalue weighted by Crippen LogP contribution is -1.88. The summed E-state index contributed by atoms with van der Waals surface area (Å²) in [5.74, 6) is 1.05. The molecule has 0 N–H and O–H groups in total. The van der Waals surface area contributed by atoms with Gasteiger partial charge in [-0.3, -0.25) is 0 Å². The Labute approximate surface area is 129 Å². The number of benzene rings is 1. The smallest absolute Gasteiger partial charge is 0.277 e. The molecule has 0 aliphatic rings. The van der Waals surface area contributed by atoms with Crippen LogP contribution in [0, 0.1) is 12.7 Å². The average Bonchev–Trinajstić information content (AvgIpc) is 3.07. The molecule has 0 saturated carbocycles.